The SMILES string of the molecule is CCOP(=O)(OCC)C(c1ccc(NC(=O)COC(=O)c2cn(C3CC3)c3cc(N4CCN(C(=O)OC(C)(C)C)CC4)c(F)cc3c2=O)cc1)P(=O)(OCC)OCC. The lowest BCUT2D eigenvalue weighted by atomic mass is 10.1. The first-order valence-electron chi connectivity index (χ1n) is 19.4. The van der Waals surface area contributed by atoms with Crippen molar-refractivity contribution in [1.82, 2.24) is 9.47 Å². The molecule has 0 radical (unpaired) electrons. The molecule has 3 aromatic rings. The molecular formula is C39H53FN4O12P2. The molecule has 1 N–H and O–H groups in total. The van der Waals surface area contributed by atoms with Gasteiger partial charge >= 0.3 is 27.3 Å². The molecule has 2 heterocycles. The summed E-state index contributed by atoms with van der Waals surface area (Å²) in [5, 5.41) is 1.17. The van der Waals surface area contributed by atoms with Crippen molar-refractivity contribution < 1.29 is 55.5 Å². The first-order valence-corrected chi connectivity index (χ1v) is 22.7. The van der Waals surface area contributed by atoms with Crippen molar-refractivity contribution in [1.29, 1.82) is 0 Å². The standard InChI is InChI=1S/C39H53FN4O12P2/c1-8-52-57(49,53-9-2)37(58(50,54-10-3)55-11-4)26-12-14-27(15-13-26)41-34(45)25-51-36(47)30-24-44(28-16-17-28)32-23-33(31(40)22-29(32)35(30)46)42-18-20-43(21-19-42)38(48)56-39(5,6)7/h12-15,22-24,28,37H,8-11,16-21,25H2,1-7H3,(H,41,45). The number of hydrogen-bond acceptors (Lipinski definition) is 13. The van der Waals surface area contributed by atoms with Gasteiger partial charge < -0.3 is 47.3 Å². The van der Waals surface area contributed by atoms with E-state index in [1.807, 2.05) is 4.90 Å². The van der Waals surface area contributed by atoms with E-state index in [0.29, 0.717) is 31.7 Å². The maximum atomic E-state index is 15.7. The highest BCUT2D eigenvalue weighted by Crippen LogP contribution is 2.78. The fourth-order valence-corrected chi connectivity index (χ4v) is 12.0. The van der Waals surface area contributed by atoms with Gasteiger partial charge in [-0.25, -0.2) is 14.0 Å². The van der Waals surface area contributed by atoms with Crippen molar-refractivity contribution in [3.63, 3.8) is 0 Å². The van der Waals surface area contributed by atoms with Crippen molar-refractivity contribution in [2.75, 3.05) is 69.4 Å². The fraction of sp³-hybridized carbons (Fsp3) is 0.538. The molecule has 19 heteroatoms. The number of esters is 1. The molecular weight excluding hydrogens is 797 g/mol. The highest BCUT2D eigenvalue weighted by atomic mass is 31.2. The normalized spacial score (nSPS) is 15.2. The van der Waals surface area contributed by atoms with Crippen LogP contribution in [0.2, 0.25) is 0 Å². The van der Waals surface area contributed by atoms with Crippen LogP contribution in [0.4, 0.5) is 20.6 Å². The molecule has 2 amide bonds. The number of amides is 2. The molecule has 5 rings (SSSR count). The number of pyridine rings is 1. The third kappa shape index (κ3) is 10.5. The highest BCUT2D eigenvalue weighted by Gasteiger charge is 2.52. The first-order chi connectivity index (χ1) is 27.5. The van der Waals surface area contributed by atoms with E-state index in [9.17, 15) is 28.3 Å². The van der Waals surface area contributed by atoms with E-state index < -0.39 is 62.0 Å². The van der Waals surface area contributed by atoms with Crippen molar-refractivity contribution in [3.05, 3.63) is 69.8 Å². The second-order valence-corrected chi connectivity index (χ2v) is 19.3. The summed E-state index contributed by atoms with van der Waals surface area (Å²) in [5.74, 6) is -2.44. The average molecular weight is 851 g/mol. The Labute approximate surface area is 337 Å². The topological polar surface area (TPSA) is 181 Å². The van der Waals surface area contributed by atoms with Crippen LogP contribution < -0.4 is 15.6 Å². The number of hydrogen-bond donors (Lipinski definition) is 1. The summed E-state index contributed by atoms with van der Waals surface area (Å²) in [6.45, 7) is 12.5. The van der Waals surface area contributed by atoms with Gasteiger partial charge in [-0.15, -0.1) is 0 Å². The molecule has 2 aliphatic rings. The van der Waals surface area contributed by atoms with Crippen LogP contribution in [0.25, 0.3) is 10.9 Å². The van der Waals surface area contributed by atoms with Crippen LogP contribution in [0.1, 0.15) is 88.7 Å². The molecule has 1 aromatic heterocycles. The van der Waals surface area contributed by atoms with Gasteiger partial charge in [0.15, 0.2) is 12.0 Å². The van der Waals surface area contributed by atoms with E-state index in [0.717, 1.165) is 18.9 Å². The molecule has 0 bridgehead atoms. The van der Waals surface area contributed by atoms with E-state index in [4.69, 9.17) is 27.6 Å². The summed E-state index contributed by atoms with van der Waals surface area (Å²) < 4.78 is 78.4. The van der Waals surface area contributed by atoms with E-state index >= 15 is 4.39 Å². The maximum absolute atomic E-state index is 15.7. The highest BCUT2D eigenvalue weighted by molar-refractivity contribution is 7.72. The third-order valence-corrected chi connectivity index (χ3v) is 15.2. The van der Waals surface area contributed by atoms with Crippen LogP contribution in [0, 0.1) is 5.82 Å². The van der Waals surface area contributed by atoms with Crippen LogP contribution in [0.5, 0.6) is 0 Å². The summed E-state index contributed by atoms with van der Waals surface area (Å²) in [4.78, 5) is 55.8. The van der Waals surface area contributed by atoms with Crippen LogP contribution in [0.15, 0.2) is 47.4 Å². The molecule has 1 aliphatic heterocycles. The summed E-state index contributed by atoms with van der Waals surface area (Å²) in [6.07, 6.45) is 2.54. The van der Waals surface area contributed by atoms with Crippen molar-refractivity contribution >= 4 is 55.4 Å². The first kappa shape index (κ1) is 45.0. The minimum atomic E-state index is -4.10. The summed E-state index contributed by atoms with van der Waals surface area (Å²) >= 11 is 0. The van der Waals surface area contributed by atoms with E-state index in [2.05, 4.69) is 5.32 Å². The Kier molecular flexibility index (Phi) is 14.6. The largest absolute Gasteiger partial charge is 0.452 e. The zero-order valence-electron chi connectivity index (χ0n) is 34.0. The molecule has 1 saturated carbocycles. The van der Waals surface area contributed by atoms with E-state index in [1.54, 1.807) is 64.0 Å². The number of carbonyl (C=O) groups excluding carboxylic acids is 3. The van der Waals surface area contributed by atoms with Crippen LogP contribution in [0.3, 0.4) is 0 Å². The molecule has 2 aromatic carbocycles. The van der Waals surface area contributed by atoms with Gasteiger partial charge in [0.25, 0.3) is 5.91 Å². The van der Waals surface area contributed by atoms with Gasteiger partial charge in [0.1, 0.15) is 17.0 Å². The van der Waals surface area contributed by atoms with Gasteiger partial charge in [0, 0.05) is 49.5 Å². The molecule has 58 heavy (non-hydrogen) atoms. The summed E-state index contributed by atoms with van der Waals surface area (Å²) in [6, 6.07) is 8.59. The summed E-state index contributed by atoms with van der Waals surface area (Å²) in [7, 11) is -8.20. The van der Waals surface area contributed by atoms with Crippen molar-refractivity contribution in [3.8, 4) is 0 Å². The maximum Gasteiger partial charge on any atom is 0.410 e. The number of ether oxygens (including phenoxy) is 2. The smallest absolute Gasteiger partial charge is 0.410 e. The number of nitrogens with zero attached hydrogens (tertiary/aromatic N) is 3. The Balaban J connectivity index is 1.30. The lowest BCUT2D eigenvalue weighted by Gasteiger charge is -2.37. The van der Waals surface area contributed by atoms with Gasteiger partial charge in [-0.05, 0) is 91.1 Å². The molecule has 0 atom stereocenters. The van der Waals surface area contributed by atoms with Crippen LogP contribution in [-0.4, -0.2) is 92.3 Å². The number of aromatic nitrogens is 1. The average Bonchev–Trinajstić information content (AvgIpc) is 4.00. The molecule has 0 unspecified atom stereocenters. The molecule has 16 nitrogen and oxygen atoms in total. The van der Waals surface area contributed by atoms with Gasteiger partial charge in [0.05, 0.1) is 37.6 Å². The Morgan fingerprint density at radius 2 is 1.41 bits per heavy atom. The van der Waals surface area contributed by atoms with E-state index in [1.165, 1.54) is 30.5 Å². The Bertz CT molecular complexity index is 2080. The number of fused-ring (bicyclic) bond motifs is 1. The van der Waals surface area contributed by atoms with Gasteiger partial charge in [-0.1, -0.05) is 12.1 Å². The molecule has 0 spiro atoms. The van der Waals surface area contributed by atoms with Crippen LogP contribution in [-0.2, 0) is 41.5 Å². The fourth-order valence-electron chi connectivity index (χ4n) is 6.62. The number of anilines is 2. The third-order valence-electron chi connectivity index (χ3n) is 9.20. The lowest BCUT2D eigenvalue weighted by Crippen LogP contribution is -2.50. The zero-order chi connectivity index (χ0) is 42.4. The number of halogens is 1. The molecule has 2 fully saturated rings. The molecule has 318 valence electrons. The van der Waals surface area contributed by atoms with Crippen LogP contribution >= 0.6 is 15.2 Å². The lowest BCUT2D eigenvalue weighted by molar-refractivity contribution is -0.119. The monoisotopic (exact) mass is 850 g/mol. The second-order valence-electron chi connectivity index (χ2n) is 14.7. The van der Waals surface area contributed by atoms with Gasteiger partial charge in [-0.2, -0.15) is 0 Å². The zero-order valence-corrected chi connectivity index (χ0v) is 35.8. The van der Waals surface area contributed by atoms with Gasteiger partial charge in [-0.3, -0.25) is 18.7 Å². The second kappa shape index (κ2) is 18.9. The minimum Gasteiger partial charge on any atom is -0.452 e. The number of piperazine rings is 1. The number of nitrogens with one attached hydrogen (secondary N) is 1. The Morgan fingerprint density at radius 3 is 1.91 bits per heavy atom. The van der Waals surface area contributed by atoms with Crippen molar-refractivity contribution in [2.24, 2.45) is 0 Å². The molecule has 1 saturated heterocycles. The Morgan fingerprint density at radius 1 is 0.862 bits per heavy atom. The molecule has 1 aliphatic carbocycles. The number of benzene rings is 2. The quantitative estimate of drug-likeness (QED) is 0.103. The van der Waals surface area contributed by atoms with Crippen molar-refractivity contribution in [2.45, 2.75) is 78.4 Å². The van der Waals surface area contributed by atoms with E-state index in [-0.39, 0.29) is 60.4 Å². The predicted octanol–water partition coefficient (Wildman–Crippen LogP) is 7.86. The summed E-state index contributed by atoms with van der Waals surface area (Å²) in [5.41, 5.74) is -0.485. The number of rotatable bonds is 17. The number of carbonyl (C=O) groups is 3. The Hall–Kier alpha value is -4.11. The minimum absolute atomic E-state index is 0.00201. The predicted molar refractivity (Wildman–Crippen MR) is 216 cm³/mol. The van der Waals surface area contributed by atoms with Gasteiger partial charge in [0.2, 0.25) is 5.43 Å².